The summed E-state index contributed by atoms with van der Waals surface area (Å²) in [7, 11) is 0. The second-order valence-electron chi connectivity index (χ2n) is 2.96. The van der Waals surface area contributed by atoms with Crippen LogP contribution in [0.5, 0.6) is 0 Å². The lowest BCUT2D eigenvalue weighted by atomic mass is 10.1. The van der Waals surface area contributed by atoms with E-state index in [4.69, 9.17) is 10.8 Å². The van der Waals surface area contributed by atoms with Crippen molar-refractivity contribution in [2.24, 2.45) is 5.73 Å². The Kier molecular flexibility index (Phi) is 2.59. The van der Waals surface area contributed by atoms with Gasteiger partial charge < -0.3 is 15.9 Å². The normalized spacial score (nSPS) is 40.3. The second-order valence-corrected chi connectivity index (χ2v) is 2.96. The molecule has 3 atom stereocenters. The van der Waals surface area contributed by atoms with Crippen molar-refractivity contribution in [3.8, 4) is 0 Å². The molecule has 0 aromatic rings. The molecule has 0 saturated heterocycles. The van der Waals surface area contributed by atoms with Crippen LogP contribution in [0.3, 0.4) is 0 Å². The van der Waals surface area contributed by atoms with Gasteiger partial charge in [-0.2, -0.15) is 0 Å². The van der Waals surface area contributed by atoms with Crippen LogP contribution in [0.15, 0.2) is 0 Å². The van der Waals surface area contributed by atoms with Crippen LogP contribution in [0.4, 0.5) is 0 Å². The molecular weight excluding hydrogens is 146 g/mol. The Morgan fingerprint density at radius 3 is 2.73 bits per heavy atom. The summed E-state index contributed by atoms with van der Waals surface area (Å²) >= 11 is 0. The highest BCUT2D eigenvalue weighted by Gasteiger charge is 2.31. The summed E-state index contributed by atoms with van der Waals surface area (Å²) in [5.74, 6) is -0.301. The van der Waals surface area contributed by atoms with Crippen LogP contribution >= 0.6 is 0 Å². The van der Waals surface area contributed by atoms with Gasteiger partial charge in [-0.15, -0.1) is 0 Å². The Morgan fingerprint density at radius 1 is 1.45 bits per heavy atom. The fourth-order valence-corrected chi connectivity index (χ4v) is 1.26. The number of aliphatic hydroxyl groups is 2. The highest BCUT2D eigenvalue weighted by Crippen LogP contribution is 2.14. The van der Waals surface area contributed by atoms with Crippen molar-refractivity contribution in [3.05, 3.63) is 0 Å². The molecule has 1 aliphatic rings. The summed E-state index contributed by atoms with van der Waals surface area (Å²) in [5.41, 5.74) is 5.47. The smallest absolute Gasteiger partial charge is 0.164 e. The van der Waals surface area contributed by atoms with Crippen molar-refractivity contribution in [2.45, 2.75) is 37.5 Å². The first-order valence-corrected chi connectivity index (χ1v) is 3.77. The van der Waals surface area contributed by atoms with E-state index in [2.05, 4.69) is 0 Å². The van der Waals surface area contributed by atoms with Gasteiger partial charge in [0.15, 0.2) is 5.78 Å². The molecule has 0 radical (unpaired) electrons. The second kappa shape index (κ2) is 3.30. The van der Waals surface area contributed by atoms with Gasteiger partial charge in [-0.25, -0.2) is 0 Å². The number of hydrogen-bond acceptors (Lipinski definition) is 4. The molecule has 0 aromatic carbocycles. The van der Waals surface area contributed by atoms with Crippen LogP contribution in [0, 0.1) is 0 Å². The Balaban J connectivity index is 2.65. The van der Waals surface area contributed by atoms with E-state index in [0.29, 0.717) is 19.3 Å². The third-order valence-corrected chi connectivity index (χ3v) is 2.05. The lowest BCUT2D eigenvalue weighted by Gasteiger charge is -2.18. The van der Waals surface area contributed by atoms with Gasteiger partial charge in [0.05, 0.1) is 0 Å². The van der Waals surface area contributed by atoms with Crippen molar-refractivity contribution in [3.63, 3.8) is 0 Å². The Labute approximate surface area is 65.0 Å². The van der Waals surface area contributed by atoms with Gasteiger partial charge in [-0.1, -0.05) is 0 Å². The highest BCUT2D eigenvalue weighted by atomic mass is 16.3. The molecule has 0 spiro atoms. The van der Waals surface area contributed by atoms with Gasteiger partial charge >= 0.3 is 0 Å². The van der Waals surface area contributed by atoms with E-state index in [1.807, 2.05) is 0 Å². The molecule has 1 fully saturated rings. The van der Waals surface area contributed by atoms with Crippen LogP contribution in [0.1, 0.15) is 19.3 Å². The summed E-state index contributed by atoms with van der Waals surface area (Å²) in [6.45, 7) is 0. The summed E-state index contributed by atoms with van der Waals surface area (Å²) < 4.78 is 0. The number of carbonyl (C=O) groups excluding carboxylic acids is 1. The minimum atomic E-state index is -1.27. The summed E-state index contributed by atoms with van der Waals surface area (Å²) in [6, 6.07) is -0.462. The molecule has 1 aliphatic carbocycles. The molecule has 1 rings (SSSR count). The number of ketones is 1. The zero-order valence-corrected chi connectivity index (χ0v) is 6.23. The van der Waals surface area contributed by atoms with Crippen molar-refractivity contribution >= 4 is 5.78 Å². The van der Waals surface area contributed by atoms with E-state index in [1.165, 1.54) is 0 Å². The van der Waals surface area contributed by atoms with Crippen molar-refractivity contribution in [2.75, 3.05) is 0 Å². The maximum Gasteiger partial charge on any atom is 0.164 e. The zero-order valence-electron chi connectivity index (χ0n) is 6.23. The molecule has 0 aromatic heterocycles. The first-order chi connectivity index (χ1) is 5.13. The van der Waals surface area contributed by atoms with E-state index < -0.39 is 18.2 Å². The third kappa shape index (κ3) is 1.77. The topological polar surface area (TPSA) is 83.6 Å². The van der Waals surface area contributed by atoms with E-state index in [9.17, 15) is 9.90 Å². The number of aliphatic hydroxyl groups excluding tert-OH is 2. The molecule has 0 amide bonds. The first-order valence-electron chi connectivity index (χ1n) is 3.77. The van der Waals surface area contributed by atoms with Crippen LogP contribution in [-0.4, -0.2) is 34.2 Å². The van der Waals surface area contributed by atoms with E-state index in [1.54, 1.807) is 0 Å². The monoisotopic (exact) mass is 159 g/mol. The summed E-state index contributed by atoms with van der Waals surface area (Å²) in [6.07, 6.45) is -0.762. The van der Waals surface area contributed by atoms with E-state index in [-0.39, 0.29) is 5.78 Å². The number of carbonyl (C=O) groups is 1. The molecule has 1 saturated carbocycles. The average molecular weight is 159 g/mol. The van der Waals surface area contributed by atoms with Crippen LogP contribution in [0.2, 0.25) is 0 Å². The fourth-order valence-electron chi connectivity index (χ4n) is 1.26. The Bertz CT molecular complexity index is 160. The summed E-state index contributed by atoms with van der Waals surface area (Å²) in [5, 5.41) is 18.3. The maximum absolute atomic E-state index is 10.9. The maximum atomic E-state index is 10.9. The lowest BCUT2D eigenvalue weighted by molar-refractivity contribution is -0.132. The van der Waals surface area contributed by atoms with Crippen molar-refractivity contribution in [1.82, 2.24) is 0 Å². The minimum absolute atomic E-state index is 0.301. The van der Waals surface area contributed by atoms with Gasteiger partial charge in [0.1, 0.15) is 12.2 Å². The van der Waals surface area contributed by atoms with Crippen LogP contribution in [0.25, 0.3) is 0 Å². The predicted octanol–water partition coefficient (Wildman–Crippen LogP) is -1.21. The van der Waals surface area contributed by atoms with E-state index >= 15 is 0 Å². The summed E-state index contributed by atoms with van der Waals surface area (Å²) in [4.78, 5) is 10.9. The predicted molar refractivity (Wildman–Crippen MR) is 38.8 cm³/mol. The lowest BCUT2D eigenvalue weighted by Crippen LogP contribution is -2.44. The third-order valence-electron chi connectivity index (χ3n) is 2.05. The van der Waals surface area contributed by atoms with Crippen LogP contribution in [-0.2, 0) is 4.79 Å². The minimum Gasteiger partial charge on any atom is -0.388 e. The number of Topliss-reactive ketones (excluding diaryl/α,β-unsaturated/α-hetero) is 1. The largest absolute Gasteiger partial charge is 0.388 e. The molecule has 0 aliphatic heterocycles. The molecule has 0 unspecified atom stereocenters. The molecule has 0 bridgehead atoms. The van der Waals surface area contributed by atoms with Gasteiger partial charge in [-0.3, -0.25) is 4.79 Å². The number of rotatable bonds is 0. The highest BCUT2D eigenvalue weighted by molar-refractivity contribution is 5.83. The first kappa shape index (κ1) is 8.64. The van der Waals surface area contributed by atoms with Crippen molar-refractivity contribution < 1.29 is 15.0 Å². The van der Waals surface area contributed by atoms with Gasteiger partial charge in [-0.05, 0) is 12.8 Å². The standard InChI is InChI=1S/C7H13NO3/c8-4-2-1-3-5(9)7(11)6(4)10/h4,6-7,10-11H,1-3,8H2/t4-,6-,7+/m0/s1. The fraction of sp³-hybridized carbons (Fsp3) is 0.857. The quantitative estimate of drug-likeness (QED) is 0.387. The molecule has 11 heavy (non-hydrogen) atoms. The van der Waals surface area contributed by atoms with Gasteiger partial charge in [0.2, 0.25) is 0 Å². The Hall–Kier alpha value is -0.450. The molecule has 4 nitrogen and oxygen atoms in total. The average Bonchev–Trinajstić information content (AvgIpc) is 2.07. The van der Waals surface area contributed by atoms with Crippen molar-refractivity contribution in [1.29, 1.82) is 0 Å². The van der Waals surface area contributed by atoms with Gasteiger partial charge in [0.25, 0.3) is 0 Å². The molecule has 4 N–H and O–H groups in total. The van der Waals surface area contributed by atoms with Crippen LogP contribution < -0.4 is 5.73 Å². The number of nitrogens with two attached hydrogens (primary N) is 1. The Morgan fingerprint density at radius 2 is 2.09 bits per heavy atom. The molecule has 64 valence electrons. The van der Waals surface area contributed by atoms with Gasteiger partial charge in [0, 0.05) is 12.5 Å². The molecule has 4 heteroatoms. The molecule has 0 heterocycles. The SMILES string of the molecule is N[C@H]1CCCC(=O)[C@@H](O)[C@H]1O. The number of hydrogen-bond donors (Lipinski definition) is 3. The molecular formula is C7H13NO3. The zero-order chi connectivity index (χ0) is 8.43. The van der Waals surface area contributed by atoms with E-state index in [0.717, 1.165) is 0 Å².